The molecule has 2 aromatic rings. The first-order valence-corrected chi connectivity index (χ1v) is 7.57. The summed E-state index contributed by atoms with van der Waals surface area (Å²) in [5.41, 5.74) is 5.47. The molecule has 1 aliphatic rings. The number of anilines is 1. The number of aryl methyl sites for hydroxylation is 1. The van der Waals surface area contributed by atoms with Crippen molar-refractivity contribution in [2.24, 2.45) is 0 Å². The second-order valence-corrected chi connectivity index (χ2v) is 5.85. The third kappa shape index (κ3) is 2.51. The summed E-state index contributed by atoms with van der Waals surface area (Å²) in [6.45, 7) is 6.16. The Morgan fingerprint density at radius 1 is 1.14 bits per heavy atom. The minimum Gasteiger partial charge on any atom is -0.298 e. The summed E-state index contributed by atoms with van der Waals surface area (Å²) in [7, 11) is 0. The largest absolute Gasteiger partial charge is 0.303 e. The normalized spacial score (nSPS) is 16.0. The first-order valence-electron chi connectivity index (χ1n) is 7.57. The van der Waals surface area contributed by atoms with Crippen LogP contribution in [-0.2, 0) is 11.2 Å². The summed E-state index contributed by atoms with van der Waals surface area (Å²) in [6, 6.07) is 14.2. The molecule has 0 saturated heterocycles. The van der Waals surface area contributed by atoms with Crippen LogP contribution in [-0.4, -0.2) is 11.9 Å². The number of carbonyl (C=O) groups excluding carboxylic acids is 1. The van der Waals surface area contributed by atoms with Crippen LogP contribution in [0.15, 0.2) is 42.5 Å². The van der Waals surface area contributed by atoms with Gasteiger partial charge in [-0.25, -0.2) is 0 Å². The Hall–Kier alpha value is -2.53. The van der Waals surface area contributed by atoms with E-state index in [1.165, 1.54) is 11.1 Å². The average Bonchev–Trinajstić information content (AvgIpc) is 2.84. The van der Waals surface area contributed by atoms with Crippen LogP contribution < -0.4 is 4.90 Å². The molecule has 1 amide bonds. The van der Waals surface area contributed by atoms with Gasteiger partial charge in [0.2, 0.25) is 0 Å². The molecule has 0 bridgehead atoms. The van der Waals surface area contributed by atoms with E-state index >= 15 is 0 Å². The number of para-hydroxylation sites is 1. The SMILES string of the molecule is Cc1cccc(C#CC(=O)N2c3ccccc3CC2C)c1C. The first-order chi connectivity index (χ1) is 10.6. The lowest BCUT2D eigenvalue weighted by atomic mass is 10.0. The summed E-state index contributed by atoms with van der Waals surface area (Å²) >= 11 is 0. The highest BCUT2D eigenvalue weighted by molar-refractivity contribution is 6.07. The Bertz CT molecular complexity index is 795. The molecule has 0 radical (unpaired) electrons. The van der Waals surface area contributed by atoms with Gasteiger partial charge >= 0.3 is 5.91 Å². The van der Waals surface area contributed by atoms with Crippen LogP contribution in [0, 0.1) is 25.7 Å². The van der Waals surface area contributed by atoms with Crippen molar-refractivity contribution in [3.8, 4) is 11.8 Å². The molecule has 22 heavy (non-hydrogen) atoms. The molecule has 2 aromatic carbocycles. The van der Waals surface area contributed by atoms with Gasteiger partial charge in [0, 0.05) is 23.2 Å². The highest BCUT2D eigenvalue weighted by Crippen LogP contribution is 2.31. The van der Waals surface area contributed by atoms with E-state index < -0.39 is 0 Å². The third-order valence-corrected chi connectivity index (χ3v) is 4.33. The zero-order valence-corrected chi connectivity index (χ0v) is 13.2. The van der Waals surface area contributed by atoms with Gasteiger partial charge in [0.15, 0.2) is 0 Å². The number of hydrogen-bond acceptors (Lipinski definition) is 1. The number of rotatable bonds is 0. The van der Waals surface area contributed by atoms with Crippen molar-refractivity contribution in [2.45, 2.75) is 33.2 Å². The fourth-order valence-electron chi connectivity index (χ4n) is 2.94. The molecule has 0 N–H and O–H groups in total. The van der Waals surface area contributed by atoms with E-state index in [1.54, 1.807) is 0 Å². The predicted molar refractivity (Wildman–Crippen MR) is 89.9 cm³/mol. The summed E-state index contributed by atoms with van der Waals surface area (Å²) in [6.07, 6.45) is 0.896. The van der Waals surface area contributed by atoms with Gasteiger partial charge in [0.1, 0.15) is 0 Å². The molecule has 2 heteroatoms. The lowest BCUT2D eigenvalue weighted by Gasteiger charge is -2.19. The summed E-state index contributed by atoms with van der Waals surface area (Å²) in [5.74, 6) is 5.73. The molecule has 110 valence electrons. The Balaban J connectivity index is 1.90. The van der Waals surface area contributed by atoms with E-state index in [4.69, 9.17) is 0 Å². The Labute approximate surface area is 131 Å². The zero-order valence-electron chi connectivity index (χ0n) is 13.2. The fraction of sp³-hybridized carbons (Fsp3) is 0.250. The van der Waals surface area contributed by atoms with Crippen LogP contribution in [0.25, 0.3) is 0 Å². The Kier molecular flexibility index (Phi) is 3.73. The lowest BCUT2D eigenvalue weighted by molar-refractivity contribution is -0.113. The molecule has 0 aromatic heterocycles. The minimum atomic E-state index is -0.127. The van der Waals surface area contributed by atoms with Crippen molar-refractivity contribution in [3.05, 3.63) is 64.7 Å². The molecule has 1 heterocycles. The number of carbonyl (C=O) groups is 1. The topological polar surface area (TPSA) is 20.3 Å². The van der Waals surface area contributed by atoms with Crippen LogP contribution in [0.5, 0.6) is 0 Å². The Morgan fingerprint density at radius 3 is 2.73 bits per heavy atom. The first kappa shape index (κ1) is 14.4. The second kappa shape index (κ2) is 5.69. The van der Waals surface area contributed by atoms with Gasteiger partial charge < -0.3 is 0 Å². The molecule has 1 aliphatic heterocycles. The van der Waals surface area contributed by atoms with Gasteiger partial charge in [-0.2, -0.15) is 0 Å². The van der Waals surface area contributed by atoms with Gasteiger partial charge in [0.05, 0.1) is 0 Å². The van der Waals surface area contributed by atoms with E-state index in [-0.39, 0.29) is 11.9 Å². The third-order valence-electron chi connectivity index (χ3n) is 4.33. The van der Waals surface area contributed by atoms with Crippen molar-refractivity contribution in [3.63, 3.8) is 0 Å². The maximum Gasteiger partial charge on any atom is 0.303 e. The Morgan fingerprint density at radius 2 is 1.91 bits per heavy atom. The zero-order chi connectivity index (χ0) is 15.7. The maximum atomic E-state index is 12.5. The second-order valence-electron chi connectivity index (χ2n) is 5.85. The smallest absolute Gasteiger partial charge is 0.298 e. The number of nitrogens with zero attached hydrogens (tertiary/aromatic N) is 1. The number of fused-ring (bicyclic) bond motifs is 1. The van der Waals surface area contributed by atoms with E-state index in [1.807, 2.05) is 42.2 Å². The summed E-state index contributed by atoms with van der Waals surface area (Å²) < 4.78 is 0. The molecule has 0 aliphatic carbocycles. The molecular weight excluding hydrogens is 270 g/mol. The van der Waals surface area contributed by atoms with Crippen LogP contribution in [0.3, 0.4) is 0 Å². The monoisotopic (exact) mass is 289 g/mol. The van der Waals surface area contributed by atoms with Crippen LogP contribution in [0.2, 0.25) is 0 Å². The van der Waals surface area contributed by atoms with Gasteiger partial charge in [-0.3, -0.25) is 9.69 Å². The van der Waals surface area contributed by atoms with Crippen molar-refractivity contribution >= 4 is 11.6 Å². The van der Waals surface area contributed by atoms with Crippen molar-refractivity contribution in [1.82, 2.24) is 0 Å². The number of hydrogen-bond donors (Lipinski definition) is 0. The number of amides is 1. The van der Waals surface area contributed by atoms with E-state index in [0.717, 1.165) is 23.2 Å². The van der Waals surface area contributed by atoms with Gasteiger partial charge in [-0.05, 0) is 56.0 Å². The molecule has 0 fully saturated rings. The van der Waals surface area contributed by atoms with Crippen LogP contribution in [0.4, 0.5) is 5.69 Å². The lowest BCUT2D eigenvalue weighted by Crippen LogP contribution is -2.34. The minimum absolute atomic E-state index is 0.127. The van der Waals surface area contributed by atoms with E-state index in [9.17, 15) is 4.79 Å². The highest BCUT2D eigenvalue weighted by atomic mass is 16.2. The molecule has 1 atom stereocenters. The van der Waals surface area contributed by atoms with Crippen molar-refractivity contribution in [2.75, 3.05) is 4.90 Å². The predicted octanol–water partition coefficient (Wildman–Crippen LogP) is 3.63. The quantitative estimate of drug-likeness (QED) is 0.678. The summed E-state index contributed by atoms with van der Waals surface area (Å²) in [5, 5.41) is 0. The van der Waals surface area contributed by atoms with Crippen LogP contribution >= 0.6 is 0 Å². The molecule has 0 spiro atoms. The molecule has 3 rings (SSSR count). The average molecular weight is 289 g/mol. The molecular formula is C20H19NO. The van der Waals surface area contributed by atoms with E-state index in [0.29, 0.717) is 0 Å². The van der Waals surface area contributed by atoms with Crippen molar-refractivity contribution < 1.29 is 4.79 Å². The highest BCUT2D eigenvalue weighted by Gasteiger charge is 2.29. The standard InChI is InChI=1S/C20H19NO/c1-14-7-6-9-17(16(14)3)11-12-20(22)21-15(2)13-18-8-4-5-10-19(18)21/h4-10,15H,13H2,1-3H3. The van der Waals surface area contributed by atoms with Gasteiger partial charge in [0.25, 0.3) is 0 Å². The molecule has 1 unspecified atom stereocenters. The molecule has 0 saturated carbocycles. The summed E-state index contributed by atoms with van der Waals surface area (Å²) in [4.78, 5) is 14.4. The van der Waals surface area contributed by atoms with E-state index in [2.05, 4.69) is 37.8 Å². The maximum absolute atomic E-state index is 12.5. The fourth-order valence-corrected chi connectivity index (χ4v) is 2.94. The van der Waals surface area contributed by atoms with Crippen LogP contribution in [0.1, 0.15) is 29.2 Å². The molecule has 2 nitrogen and oxygen atoms in total. The van der Waals surface area contributed by atoms with Gasteiger partial charge in [-0.15, -0.1) is 0 Å². The van der Waals surface area contributed by atoms with Gasteiger partial charge in [-0.1, -0.05) is 36.3 Å². The number of benzene rings is 2. The van der Waals surface area contributed by atoms with Crippen molar-refractivity contribution in [1.29, 1.82) is 0 Å².